The first-order valence-corrected chi connectivity index (χ1v) is 5.37. The standard InChI is InChI=1S/C11H22FNO/c1-10(2,3)7-13-6-4-5-11(12,8-13)9-14/h14H,4-9H2,1-3H3. The molecule has 0 radical (unpaired) electrons. The summed E-state index contributed by atoms with van der Waals surface area (Å²) >= 11 is 0. The topological polar surface area (TPSA) is 23.5 Å². The van der Waals surface area contributed by atoms with E-state index in [9.17, 15) is 4.39 Å². The fourth-order valence-electron chi connectivity index (χ4n) is 2.11. The monoisotopic (exact) mass is 203 g/mol. The molecule has 1 saturated heterocycles. The SMILES string of the molecule is CC(C)(C)CN1CCCC(F)(CO)C1. The molecule has 1 atom stereocenters. The van der Waals surface area contributed by atoms with Gasteiger partial charge in [-0.3, -0.25) is 4.90 Å². The van der Waals surface area contributed by atoms with Gasteiger partial charge < -0.3 is 5.11 Å². The number of aliphatic hydroxyl groups is 1. The molecule has 1 rings (SSSR count). The zero-order valence-electron chi connectivity index (χ0n) is 9.52. The molecular formula is C11H22FNO. The lowest BCUT2D eigenvalue weighted by Gasteiger charge is -2.39. The molecule has 1 unspecified atom stereocenters. The van der Waals surface area contributed by atoms with E-state index in [1.54, 1.807) is 0 Å². The minimum Gasteiger partial charge on any atom is -0.393 e. The van der Waals surface area contributed by atoms with Crippen molar-refractivity contribution in [1.29, 1.82) is 0 Å². The Labute approximate surface area is 86.1 Å². The van der Waals surface area contributed by atoms with Crippen LogP contribution in [0.4, 0.5) is 4.39 Å². The van der Waals surface area contributed by atoms with E-state index >= 15 is 0 Å². The van der Waals surface area contributed by atoms with E-state index in [2.05, 4.69) is 25.7 Å². The van der Waals surface area contributed by atoms with Gasteiger partial charge >= 0.3 is 0 Å². The maximum atomic E-state index is 13.8. The van der Waals surface area contributed by atoms with Gasteiger partial charge in [0.1, 0.15) is 5.67 Å². The summed E-state index contributed by atoms with van der Waals surface area (Å²) in [5, 5.41) is 8.96. The Morgan fingerprint density at radius 2 is 2.07 bits per heavy atom. The van der Waals surface area contributed by atoms with Crippen molar-refractivity contribution in [3.05, 3.63) is 0 Å². The van der Waals surface area contributed by atoms with Gasteiger partial charge in [0, 0.05) is 13.1 Å². The highest BCUT2D eigenvalue weighted by atomic mass is 19.1. The normalized spacial score (nSPS) is 30.6. The Kier molecular flexibility index (Phi) is 3.53. The molecule has 1 N–H and O–H groups in total. The van der Waals surface area contributed by atoms with Crippen LogP contribution in [0.5, 0.6) is 0 Å². The van der Waals surface area contributed by atoms with Crippen LogP contribution < -0.4 is 0 Å². The van der Waals surface area contributed by atoms with Crippen LogP contribution >= 0.6 is 0 Å². The smallest absolute Gasteiger partial charge is 0.146 e. The molecule has 1 aliphatic heterocycles. The average molecular weight is 203 g/mol. The van der Waals surface area contributed by atoms with Crippen molar-refractivity contribution in [3.63, 3.8) is 0 Å². The Hall–Kier alpha value is -0.150. The highest BCUT2D eigenvalue weighted by Gasteiger charge is 2.35. The second kappa shape index (κ2) is 4.15. The van der Waals surface area contributed by atoms with Crippen molar-refractivity contribution in [1.82, 2.24) is 4.90 Å². The maximum absolute atomic E-state index is 13.8. The predicted molar refractivity (Wildman–Crippen MR) is 56.1 cm³/mol. The Morgan fingerprint density at radius 1 is 1.43 bits per heavy atom. The number of likely N-dealkylation sites (tertiary alicyclic amines) is 1. The van der Waals surface area contributed by atoms with Crippen molar-refractivity contribution in [3.8, 4) is 0 Å². The van der Waals surface area contributed by atoms with Gasteiger partial charge in [0.15, 0.2) is 0 Å². The zero-order chi connectivity index (χ0) is 10.8. The number of hydrogen-bond acceptors (Lipinski definition) is 2. The van der Waals surface area contributed by atoms with Crippen LogP contribution in [0, 0.1) is 5.41 Å². The lowest BCUT2D eigenvalue weighted by atomic mass is 9.91. The van der Waals surface area contributed by atoms with E-state index in [0.29, 0.717) is 13.0 Å². The van der Waals surface area contributed by atoms with Crippen LogP contribution in [0.25, 0.3) is 0 Å². The van der Waals surface area contributed by atoms with Crippen molar-refractivity contribution < 1.29 is 9.50 Å². The number of nitrogens with zero attached hydrogens (tertiary/aromatic N) is 1. The molecule has 0 aromatic carbocycles. The second-order valence-electron chi connectivity index (χ2n) is 5.68. The molecule has 2 nitrogen and oxygen atoms in total. The molecule has 0 aliphatic carbocycles. The van der Waals surface area contributed by atoms with Crippen molar-refractivity contribution in [2.45, 2.75) is 39.3 Å². The lowest BCUT2D eigenvalue weighted by molar-refractivity contribution is -0.0104. The minimum atomic E-state index is -1.36. The Balaban J connectivity index is 2.48. The third-order valence-corrected chi connectivity index (χ3v) is 2.59. The average Bonchev–Trinajstić information content (AvgIpc) is 2.01. The summed E-state index contributed by atoms with van der Waals surface area (Å²) in [6.07, 6.45) is 1.36. The largest absolute Gasteiger partial charge is 0.393 e. The number of halogens is 1. The molecule has 0 spiro atoms. The lowest BCUT2D eigenvalue weighted by Crippen LogP contribution is -2.49. The van der Waals surface area contributed by atoms with Crippen LogP contribution in [0.1, 0.15) is 33.6 Å². The highest BCUT2D eigenvalue weighted by molar-refractivity contribution is 4.88. The first-order chi connectivity index (χ1) is 6.35. The number of rotatable bonds is 2. The van der Waals surface area contributed by atoms with Crippen LogP contribution in [-0.4, -0.2) is 41.9 Å². The number of piperidine rings is 1. The maximum Gasteiger partial charge on any atom is 0.146 e. The zero-order valence-corrected chi connectivity index (χ0v) is 9.52. The fourth-order valence-corrected chi connectivity index (χ4v) is 2.11. The van der Waals surface area contributed by atoms with Crippen LogP contribution in [0.15, 0.2) is 0 Å². The third-order valence-electron chi connectivity index (χ3n) is 2.59. The van der Waals surface area contributed by atoms with Crippen LogP contribution in [0.2, 0.25) is 0 Å². The number of hydrogen-bond donors (Lipinski definition) is 1. The first kappa shape index (κ1) is 11.9. The fraction of sp³-hybridized carbons (Fsp3) is 1.00. The van der Waals surface area contributed by atoms with Crippen molar-refractivity contribution >= 4 is 0 Å². The van der Waals surface area contributed by atoms with Gasteiger partial charge in [-0.1, -0.05) is 20.8 Å². The number of alkyl halides is 1. The summed E-state index contributed by atoms with van der Waals surface area (Å²) in [7, 11) is 0. The molecule has 0 aromatic rings. The molecule has 14 heavy (non-hydrogen) atoms. The third kappa shape index (κ3) is 3.54. The van der Waals surface area contributed by atoms with E-state index in [4.69, 9.17) is 5.11 Å². The summed E-state index contributed by atoms with van der Waals surface area (Å²) in [4.78, 5) is 2.12. The molecule has 0 amide bonds. The van der Waals surface area contributed by atoms with Gasteiger partial charge in [0.25, 0.3) is 0 Å². The van der Waals surface area contributed by atoms with E-state index in [-0.39, 0.29) is 12.0 Å². The summed E-state index contributed by atoms with van der Waals surface area (Å²) in [6.45, 7) is 8.37. The molecule has 1 aliphatic rings. The molecule has 0 saturated carbocycles. The molecule has 84 valence electrons. The predicted octanol–water partition coefficient (Wildman–Crippen LogP) is 1.83. The Bertz CT molecular complexity index is 190. The van der Waals surface area contributed by atoms with Crippen molar-refractivity contribution in [2.75, 3.05) is 26.2 Å². The summed E-state index contributed by atoms with van der Waals surface area (Å²) in [5.74, 6) is 0. The second-order valence-corrected chi connectivity index (χ2v) is 5.68. The Morgan fingerprint density at radius 3 is 2.57 bits per heavy atom. The first-order valence-electron chi connectivity index (χ1n) is 5.37. The van der Waals surface area contributed by atoms with Gasteiger partial charge in [0.05, 0.1) is 6.61 Å². The molecule has 3 heteroatoms. The molecular weight excluding hydrogens is 181 g/mol. The van der Waals surface area contributed by atoms with E-state index in [1.807, 2.05) is 0 Å². The van der Waals surface area contributed by atoms with Crippen LogP contribution in [0.3, 0.4) is 0 Å². The summed E-state index contributed by atoms with van der Waals surface area (Å²) in [6, 6.07) is 0. The molecule has 1 heterocycles. The van der Waals surface area contributed by atoms with Gasteiger partial charge in [0.2, 0.25) is 0 Å². The highest BCUT2D eigenvalue weighted by Crippen LogP contribution is 2.27. The van der Waals surface area contributed by atoms with Gasteiger partial charge in [-0.2, -0.15) is 0 Å². The number of aliphatic hydroxyl groups excluding tert-OH is 1. The van der Waals surface area contributed by atoms with E-state index < -0.39 is 5.67 Å². The minimum absolute atomic E-state index is 0.202. The molecule has 0 bridgehead atoms. The quantitative estimate of drug-likeness (QED) is 0.740. The summed E-state index contributed by atoms with van der Waals surface area (Å²) < 4.78 is 13.8. The van der Waals surface area contributed by atoms with Gasteiger partial charge in [-0.25, -0.2) is 4.39 Å². The van der Waals surface area contributed by atoms with Crippen LogP contribution in [-0.2, 0) is 0 Å². The summed E-state index contributed by atoms with van der Waals surface area (Å²) in [5.41, 5.74) is -1.16. The van der Waals surface area contributed by atoms with E-state index in [0.717, 1.165) is 19.5 Å². The van der Waals surface area contributed by atoms with E-state index in [1.165, 1.54) is 0 Å². The molecule has 0 aromatic heterocycles. The molecule has 1 fully saturated rings. The van der Waals surface area contributed by atoms with Gasteiger partial charge in [-0.15, -0.1) is 0 Å². The van der Waals surface area contributed by atoms with Gasteiger partial charge in [-0.05, 0) is 24.8 Å². The van der Waals surface area contributed by atoms with Crippen molar-refractivity contribution in [2.24, 2.45) is 5.41 Å².